The van der Waals surface area contributed by atoms with Gasteiger partial charge in [-0.3, -0.25) is 8.74 Å². The van der Waals surface area contributed by atoms with E-state index in [9.17, 15) is 34.8 Å². The van der Waals surface area contributed by atoms with Crippen LogP contribution in [0.2, 0.25) is 0 Å². The van der Waals surface area contributed by atoms with E-state index >= 15 is 0 Å². The van der Waals surface area contributed by atoms with Crippen LogP contribution < -0.4 is 0 Å². The average Bonchev–Trinajstić information content (AvgIpc) is 2.86. The van der Waals surface area contributed by atoms with Crippen molar-refractivity contribution in [1.82, 2.24) is 0 Å². The summed E-state index contributed by atoms with van der Waals surface area (Å²) in [5.74, 6) is -2.30. The first-order valence-electron chi connectivity index (χ1n) is 7.54. The van der Waals surface area contributed by atoms with Gasteiger partial charge in [-0.2, -0.15) is 4.21 Å². The van der Waals surface area contributed by atoms with Crippen molar-refractivity contribution in [3.63, 3.8) is 0 Å². The molecule has 1 unspecified atom stereocenters. The second-order valence-electron chi connectivity index (χ2n) is 5.88. The summed E-state index contributed by atoms with van der Waals surface area (Å²) in [4.78, 5) is 0. The highest BCUT2D eigenvalue weighted by Gasteiger charge is 2.58. The highest BCUT2D eigenvalue weighted by Crippen LogP contribution is 2.35. The first-order valence-corrected chi connectivity index (χ1v) is 8.57. The third-order valence-corrected chi connectivity index (χ3v) is 4.56. The molecule has 10 atom stereocenters. The zero-order valence-corrected chi connectivity index (χ0v) is 14.1. The van der Waals surface area contributed by atoms with Crippen LogP contribution in [0, 0.1) is 0 Å². The predicted molar refractivity (Wildman–Crippen MR) is 78.3 cm³/mol. The number of rotatable bonds is 7. The minimum Gasteiger partial charge on any atom is -0.394 e. The van der Waals surface area contributed by atoms with Gasteiger partial charge in [0.1, 0.15) is 49.3 Å². The smallest absolute Gasteiger partial charge is 0.301 e. The Labute approximate surface area is 149 Å². The van der Waals surface area contributed by atoms with Gasteiger partial charge >= 0.3 is 11.4 Å². The predicted octanol–water partition coefficient (Wildman–Crippen LogP) is -5.23. The zero-order chi connectivity index (χ0) is 19.6. The van der Waals surface area contributed by atoms with Gasteiger partial charge in [0.2, 0.25) is 5.79 Å². The summed E-state index contributed by atoms with van der Waals surface area (Å²) >= 11 is -2.69. The minimum absolute atomic E-state index is 0.661. The molecule has 2 saturated heterocycles. The van der Waals surface area contributed by atoms with Crippen molar-refractivity contribution in [3.8, 4) is 0 Å². The lowest BCUT2D eigenvalue weighted by Gasteiger charge is -2.43. The van der Waals surface area contributed by atoms with Gasteiger partial charge in [0.25, 0.3) is 0 Å². The normalized spacial score (nSPS) is 47.8. The fourth-order valence-electron chi connectivity index (χ4n) is 2.74. The SMILES string of the molecule is O=S(O)OC[C@H]1O[C@H](O[C@]2(CO)O[C@H](CO)[C@@H](O)[C@@H]2O)[C@H](O)[C@@H](O)[C@@H]1O. The molecule has 2 aliphatic heterocycles. The van der Waals surface area contributed by atoms with Crippen LogP contribution in [0.15, 0.2) is 0 Å². The molecule has 0 aromatic rings. The molecule has 2 rings (SSSR count). The molecule has 2 aliphatic rings. The molecular weight excluding hydrogens is 384 g/mol. The standard InChI is InChI=1S/C12H22O13S/c13-1-4-7(16)10(19)12(3-14,24-4)25-11-9(18)8(17)6(15)5(23-11)2-22-26(20)21/h4-11,13-19H,1-3H2,(H,20,21)/t4-,5-,6-,7-,8+,9-,10+,11-,12+/m1/s1. The summed E-state index contributed by atoms with van der Waals surface area (Å²) in [6, 6.07) is 0. The maximum atomic E-state index is 10.6. The molecule has 0 radical (unpaired) electrons. The van der Waals surface area contributed by atoms with Crippen molar-refractivity contribution in [2.45, 2.75) is 54.8 Å². The van der Waals surface area contributed by atoms with E-state index in [2.05, 4.69) is 4.18 Å². The van der Waals surface area contributed by atoms with Crippen molar-refractivity contribution >= 4 is 11.4 Å². The van der Waals surface area contributed by atoms with Crippen LogP contribution in [0.3, 0.4) is 0 Å². The molecule has 8 N–H and O–H groups in total. The molecule has 26 heavy (non-hydrogen) atoms. The van der Waals surface area contributed by atoms with Crippen LogP contribution in [0.4, 0.5) is 0 Å². The van der Waals surface area contributed by atoms with E-state index in [1.165, 1.54) is 0 Å². The molecule has 0 aliphatic carbocycles. The topological polar surface area (TPSA) is 216 Å². The van der Waals surface area contributed by atoms with Crippen LogP contribution in [-0.4, -0.2) is 119 Å². The summed E-state index contributed by atoms with van der Waals surface area (Å²) in [6.07, 6.45) is -13.4. The first kappa shape index (κ1) is 22.0. The Morgan fingerprint density at radius 1 is 0.962 bits per heavy atom. The Morgan fingerprint density at radius 2 is 1.62 bits per heavy atom. The molecule has 0 spiro atoms. The van der Waals surface area contributed by atoms with Crippen molar-refractivity contribution in [1.29, 1.82) is 0 Å². The largest absolute Gasteiger partial charge is 0.394 e. The van der Waals surface area contributed by atoms with Gasteiger partial charge < -0.3 is 50.0 Å². The average molecular weight is 406 g/mol. The van der Waals surface area contributed by atoms with Gasteiger partial charge in [-0.05, 0) is 0 Å². The third-order valence-electron chi connectivity index (χ3n) is 4.22. The van der Waals surface area contributed by atoms with Crippen LogP contribution in [-0.2, 0) is 29.8 Å². The summed E-state index contributed by atoms with van der Waals surface area (Å²) in [5, 5.41) is 68.3. The van der Waals surface area contributed by atoms with Crippen LogP contribution in [0.5, 0.6) is 0 Å². The van der Waals surface area contributed by atoms with Gasteiger partial charge in [0.05, 0.1) is 13.2 Å². The molecule has 2 heterocycles. The van der Waals surface area contributed by atoms with Crippen molar-refractivity contribution in [3.05, 3.63) is 0 Å². The van der Waals surface area contributed by atoms with E-state index in [1.807, 2.05) is 0 Å². The lowest BCUT2D eigenvalue weighted by molar-refractivity contribution is -0.383. The third kappa shape index (κ3) is 4.22. The molecule has 0 saturated carbocycles. The number of hydrogen-bond donors (Lipinski definition) is 8. The maximum absolute atomic E-state index is 10.6. The number of aliphatic hydroxyl groups excluding tert-OH is 7. The highest BCUT2D eigenvalue weighted by molar-refractivity contribution is 7.74. The molecule has 2 fully saturated rings. The van der Waals surface area contributed by atoms with Crippen LogP contribution in [0.25, 0.3) is 0 Å². The van der Waals surface area contributed by atoms with Gasteiger partial charge in [0.15, 0.2) is 6.29 Å². The van der Waals surface area contributed by atoms with E-state index in [4.69, 9.17) is 23.9 Å². The molecular formula is C12H22O13S. The fraction of sp³-hybridized carbons (Fsp3) is 1.00. The quantitative estimate of drug-likeness (QED) is 0.186. The zero-order valence-electron chi connectivity index (χ0n) is 13.3. The Morgan fingerprint density at radius 3 is 2.12 bits per heavy atom. The Balaban J connectivity index is 2.16. The Hall–Kier alpha value is -0.330. The number of aliphatic hydroxyl groups is 7. The minimum atomic E-state index is -2.69. The van der Waals surface area contributed by atoms with Gasteiger partial charge in [-0.1, -0.05) is 0 Å². The molecule has 154 valence electrons. The first-order chi connectivity index (χ1) is 12.2. The second-order valence-corrected chi connectivity index (χ2v) is 6.55. The van der Waals surface area contributed by atoms with Crippen LogP contribution in [0.1, 0.15) is 0 Å². The van der Waals surface area contributed by atoms with E-state index in [-0.39, 0.29) is 0 Å². The lowest BCUT2D eigenvalue weighted by atomic mass is 9.99. The summed E-state index contributed by atoms with van der Waals surface area (Å²) < 4.78 is 39.1. The Bertz CT molecular complexity index is 494. The van der Waals surface area contributed by atoms with Crippen molar-refractivity contribution in [2.24, 2.45) is 0 Å². The summed E-state index contributed by atoms with van der Waals surface area (Å²) in [7, 11) is 0. The second kappa shape index (κ2) is 8.78. The monoisotopic (exact) mass is 406 g/mol. The molecule has 0 amide bonds. The van der Waals surface area contributed by atoms with Crippen LogP contribution >= 0.6 is 0 Å². The molecule has 14 heteroatoms. The maximum Gasteiger partial charge on any atom is 0.301 e. The van der Waals surface area contributed by atoms with E-state index < -0.39 is 86.0 Å². The van der Waals surface area contributed by atoms with Gasteiger partial charge in [-0.15, -0.1) is 0 Å². The van der Waals surface area contributed by atoms with Gasteiger partial charge in [0, 0.05) is 0 Å². The lowest BCUT2D eigenvalue weighted by Crippen LogP contribution is -2.62. The van der Waals surface area contributed by atoms with Gasteiger partial charge in [-0.25, -0.2) is 0 Å². The highest BCUT2D eigenvalue weighted by atomic mass is 32.2. The van der Waals surface area contributed by atoms with E-state index in [1.54, 1.807) is 0 Å². The van der Waals surface area contributed by atoms with Crippen molar-refractivity contribution < 1.29 is 62.9 Å². The number of ether oxygens (including phenoxy) is 3. The molecule has 0 aromatic carbocycles. The molecule has 0 aromatic heterocycles. The molecule has 13 nitrogen and oxygen atoms in total. The van der Waals surface area contributed by atoms with E-state index in [0.29, 0.717) is 0 Å². The summed E-state index contributed by atoms with van der Waals surface area (Å²) in [6.45, 7) is -2.39. The Kier molecular flexibility index (Phi) is 7.42. The van der Waals surface area contributed by atoms with Crippen molar-refractivity contribution in [2.75, 3.05) is 19.8 Å². The van der Waals surface area contributed by atoms with E-state index in [0.717, 1.165) is 0 Å². The molecule has 0 bridgehead atoms. The number of hydrogen-bond acceptors (Lipinski definition) is 12. The fourth-order valence-corrected chi connectivity index (χ4v) is 2.99. The summed E-state index contributed by atoms with van der Waals surface area (Å²) in [5.41, 5.74) is 0.